The summed E-state index contributed by atoms with van der Waals surface area (Å²) < 4.78 is 0. The second-order valence-corrected chi connectivity index (χ2v) is 5.00. The molecule has 0 saturated heterocycles. The maximum atomic E-state index is 9.00. The van der Waals surface area contributed by atoms with Crippen molar-refractivity contribution < 1.29 is 0 Å². The fourth-order valence-corrected chi connectivity index (χ4v) is 2.90. The summed E-state index contributed by atoms with van der Waals surface area (Å²) in [6.45, 7) is 0. The van der Waals surface area contributed by atoms with Crippen LogP contribution in [-0.2, 0) is 0 Å². The van der Waals surface area contributed by atoms with Crippen molar-refractivity contribution in [2.24, 2.45) is 0 Å². The molecule has 0 unspecified atom stereocenters. The van der Waals surface area contributed by atoms with Gasteiger partial charge in [-0.05, 0) is 44.5 Å². The number of benzene rings is 4. The molecule has 0 bridgehead atoms. The van der Waals surface area contributed by atoms with Crippen LogP contribution in [0, 0.1) is 11.3 Å². The van der Waals surface area contributed by atoms with E-state index in [0.717, 1.165) is 5.39 Å². The first-order valence-corrected chi connectivity index (χ1v) is 6.61. The molecule has 20 heavy (non-hydrogen) atoms. The largest absolute Gasteiger partial charge is 0.192 e. The van der Waals surface area contributed by atoms with Gasteiger partial charge in [-0.3, -0.25) is 0 Å². The van der Waals surface area contributed by atoms with Crippen molar-refractivity contribution in [1.82, 2.24) is 0 Å². The van der Waals surface area contributed by atoms with E-state index in [1.807, 2.05) is 18.2 Å². The Balaban J connectivity index is 2.21. The number of hydrogen-bond donors (Lipinski definition) is 0. The quantitative estimate of drug-likeness (QED) is 0.404. The van der Waals surface area contributed by atoms with Crippen molar-refractivity contribution in [3.8, 4) is 6.07 Å². The first-order valence-electron chi connectivity index (χ1n) is 6.61. The molecule has 0 radical (unpaired) electrons. The van der Waals surface area contributed by atoms with Gasteiger partial charge in [-0.2, -0.15) is 5.26 Å². The molecule has 0 aromatic heterocycles. The summed E-state index contributed by atoms with van der Waals surface area (Å²) in [6.07, 6.45) is 0. The lowest BCUT2D eigenvalue weighted by Crippen LogP contribution is -1.82. The lowest BCUT2D eigenvalue weighted by Gasteiger charge is -2.07. The Morgan fingerprint density at radius 2 is 1.25 bits per heavy atom. The van der Waals surface area contributed by atoms with E-state index in [1.165, 1.54) is 26.9 Å². The van der Waals surface area contributed by atoms with Crippen molar-refractivity contribution in [3.63, 3.8) is 0 Å². The molecule has 4 aromatic rings. The third-order valence-electron chi connectivity index (χ3n) is 3.87. The van der Waals surface area contributed by atoms with Gasteiger partial charge in [0.15, 0.2) is 0 Å². The predicted molar refractivity (Wildman–Crippen MR) is 83.7 cm³/mol. The van der Waals surface area contributed by atoms with Gasteiger partial charge in [0.1, 0.15) is 0 Å². The minimum Gasteiger partial charge on any atom is -0.192 e. The molecule has 0 aliphatic rings. The minimum atomic E-state index is 0.706. The SMILES string of the molecule is N#Cc1ccc2c(ccc3c4ccccc4ccc23)c1. The zero-order chi connectivity index (χ0) is 13.5. The first kappa shape index (κ1) is 11.0. The molecule has 0 aliphatic heterocycles. The zero-order valence-corrected chi connectivity index (χ0v) is 10.8. The van der Waals surface area contributed by atoms with Crippen LogP contribution >= 0.6 is 0 Å². The van der Waals surface area contributed by atoms with E-state index in [2.05, 4.69) is 54.6 Å². The molecule has 0 saturated carbocycles. The molecule has 0 amide bonds. The zero-order valence-electron chi connectivity index (χ0n) is 10.8. The molecule has 0 fully saturated rings. The molecule has 1 heteroatoms. The van der Waals surface area contributed by atoms with Crippen LogP contribution in [-0.4, -0.2) is 0 Å². The normalized spacial score (nSPS) is 10.9. The third kappa shape index (κ3) is 1.49. The van der Waals surface area contributed by atoms with E-state index >= 15 is 0 Å². The van der Waals surface area contributed by atoms with Gasteiger partial charge in [0, 0.05) is 0 Å². The number of nitrogens with zero attached hydrogens (tertiary/aromatic N) is 1. The Kier molecular flexibility index (Phi) is 2.25. The summed E-state index contributed by atoms with van der Waals surface area (Å²) in [6, 6.07) is 25.1. The summed E-state index contributed by atoms with van der Waals surface area (Å²) in [5.41, 5.74) is 0.706. The van der Waals surface area contributed by atoms with Crippen molar-refractivity contribution in [3.05, 3.63) is 72.3 Å². The second-order valence-electron chi connectivity index (χ2n) is 5.00. The van der Waals surface area contributed by atoms with Crippen LogP contribution in [0.2, 0.25) is 0 Å². The predicted octanol–water partition coefficient (Wildman–Crippen LogP) is 5.02. The molecule has 4 rings (SSSR count). The van der Waals surface area contributed by atoms with Crippen LogP contribution < -0.4 is 0 Å². The van der Waals surface area contributed by atoms with Crippen molar-refractivity contribution in [2.75, 3.05) is 0 Å². The highest BCUT2D eigenvalue weighted by Crippen LogP contribution is 2.31. The van der Waals surface area contributed by atoms with E-state index in [0.29, 0.717) is 5.56 Å². The van der Waals surface area contributed by atoms with Crippen LogP contribution in [0.3, 0.4) is 0 Å². The number of nitriles is 1. The van der Waals surface area contributed by atoms with E-state index in [9.17, 15) is 0 Å². The fourth-order valence-electron chi connectivity index (χ4n) is 2.90. The summed E-state index contributed by atoms with van der Waals surface area (Å²) in [5, 5.41) is 16.4. The van der Waals surface area contributed by atoms with Gasteiger partial charge in [0.2, 0.25) is 0 Å². The molecule has 92 valence electrons. The van der Waals surface area contributed by atoms with Gasteiger partial charge < -0.3 is 0 Å². The topological polar surface area (TPSA) is 23.8 Å². The van der Waals surface area contributed by atoms with Crippen molar-refractivity contribution >= 4 is 32.3 Å². The van der Waals surface area contributed by atoms with Gasteiger partial charge in [0.25, 0.3) is 0 Å². The van der Waals surface area contributed by atoms with E-state index in [-0.39, 0.29) is 0 Å². The maximum absolute atomic E-state index is 9.00. The minimum absolute atomic E-state index is 0.706. The smallest absolute Gasteiger partial charge is 0.0991 e. The fraction of sp³-hybridized carbons (Fsp3) is 0. The highest BCUT2D eigenvalue weighted by Gasteiger charge is 2.04. The lowest BCUT2D eigenvalue weighted by atomic mass is 9.96. The molecule has 0 N–H and O–H groups in total. The lowest BCUT2D eigenvalue weighted by molar-refractivity contribution is 1.50. The Morgan fingerprint density at radius 1 is 0.600 bits per heavy atom. The van der Waals surface area contributed by atoms with E-state index in [1.54, 1.807) is 0 Å². The average molecular weight is 253 g/mol. The summed E-state index contributed by atoms with van der Waals surface area (Å²) in [4.78, 5) is 0. The van der Waals surface area contributed by atoms with Gasteiger partial charge in [-0.25, -0.2) is 0 Å². The average Bonchev–Trinajstić information content (AvgIpc) is 2.53. The number of hydrogen-bond acceptors (Lipinski definition) is 1. The number of rotatable bonds is 0. The Bertz CT molecular complexity index is 1010. The van der Waals surface area contributed by atoms with Gasteiger partial charge in [0.05, 0.1) is 11.6 Å². The van der Waals surface area contributed by atoms with Crippen molar-refractivity contribution in [1.29, 1.82) is 5.26 Å². The van der Waals surface area contributed by atoms with Gasteiger partial charge >= 0.3 is 0 Å². The van der Waals surface area contributed by atoms with Gasteiger partial charge in [-0.1, -0.05) is 54.6 Å². The highest BCUT2D eigenvalue weighted by atomic mass is 14.2. The molecule has 0 heterocycles. The van der Waals surface area contributed by atoms with Gasteiger partial charge in [-0.15, -0.1) is 0 Å². The Morgan fingerprint density at radius 3 is 2.05 bits per heavy atom. The summed E-state index contributed by atoms with van der Waals surface area (Å²) in [7, 11) is 0. The van der Waals surface area contributed by atoms with E-state index in [4.69, 9.17) is 5.26 Å². The molecular formula is C19H11N. The first-order chi connectivity index (χ1) is 9.86. The summed E-state index contributed by atoms with van der Waals surface area (Å²) in [5.74, 6) is 0. The molecule has 0 spiro atoms. The van der Waals surface area contributed by atoms with Crippen LogP contribution in [0.25, 0.3) is 32.3 Å². The molecule has 4 aromatic carbocycles. The molecule has 0 atom stereocenters. The third-order valence-corrected chi connectivity index (χ3v) is 3.87. The van der Waals surface area contributed by atoms with Crippen LogP contribution in [0.15, 0.2) is 66.7 Å². The van der Waals surface area contributed by atoms with Crippen LogP contribution in [0.1, 0.15) is 5.56 Å². The highest BCUT2D eigenvalue weighted by molar-refractivity contribution is 6.17. The van der Waals surface area contributed by atoms with Crippen molar-refractivity contribution in [2.45, 2.75) is 0 Å². The molecule has 1 nitrogen and oxygen atoms in total. The van der Waals surface area contributed by atoms with Crippen LogP contribution in [0.4, 0.5) is 0 Å². The Hall–Kier alpha value is -2.85. The second kappa shape index (κ2) is 4.08. The monoisotopic (exact) mass is 253 g/mol. The maximum Gasteiger partial charge on any atom is 0.0991 e. The molecular weight excluding hydrogens is 242 g/mol. The van der Waals surface area contributed by atoms with Crippen LogP contribution in [0.5, 0.6) is 0 Å². The summed E-state index contributed by atoms with van der Waals surface area (Å²) >= 11 is 0. The standard InChI is InChI=1S/C19H11N/c20-12-13-5-8-17-15(11-13)7-10-18-16-4-2-1-3-14(16)6-9-19(17)18/h1-11H. The molecule has 0 aliphatic carbocycles. The Labute approximate surface area is 116 Å². The number of fused-ring (bicyclic) bond motifs is 5. The van der Waals surface area contributed by atoms with E-state index < -0.39 is 0 Å².